The van der Waals surface area contributed by atoms with Gasteiger partial charge in [-0.05, 0) is 38.0 Å². The van der Waals surface area contributed by atoms with Crippen molar-refractivity contribution in [2.45, 2.75) is 70.3 Å². The molecule has 2 atom stereocenters. The average molecular weight is 225 g/mol. The number of nitrogens with two attached hydrogens (primary N) is 1. The van der Waals surface area contributed by atoms with Crippen LogP contribution in [0.25, 0.3) is 0 Å². The first-order valence-corrected chi connectivity index (χ1v) is 7.04. The molecule has 0 spiro atoms. The van der Waals surface area contributed by atoms with Gasteiger partial charge >= 0.3 is 0 Å². The summed E-state index contributed by atoms with van der Waals surface area (Å²) in [5, 5.41) is 11.0. The lowest BCUT2D eigenvalue weighted by Gasteiger charge is -2.45. The molecule has 2 heteroatoms. The highest BCUT2D eigenvalue weighted by molar-refractivity contribution is 5.04. The third kappa shape index (κ3) is 2.02. The maximum atomic E-state index is 11.0. The average Bonchev–Trinajstić information content (AvgIpc) is 2.53. The van der Waals surface area contributed by atoms with Crippen molar-refractivity contribution in [3.8, 4) is 0 Å². The van der Waals surface area contributed by atoms with E-state index in [1.54, 1.807) is 0 Å². The van der Waals surface area contributed by atoms with Crippen LogP contribution < -0.4 is 5.73 Å². The second kappa shape index (κ2) is 4.66. The van der Waals surface area contributed by atoms with Crippen molar-refractivity contribution >= 4 is 0 Å². The lowest BCUT2D eigenvalue weighted by Crippen LogP contribution is -2.51. The quantitative estimate of drug-likeness (QED) is 0.710. The highest BCUT2D eigenvalue weighted by Crippen LogP contribution is 2.52. The predicted octanol–water partition coefficient (Wildman–Crippen LogP) is 2.84. The van der Waals surface area contributed by atoms with Gasteiger partial charge in [0.15, 0.2) is 0 Å². The van der Waals surface area contributed by atoms with Crippen molar-refractivity contribution in [3.05, 3.63) is 0 Å². The molecule has 0 aromatic carbocycles. The second-order valence-electron chi connectivity index (χ2n) is 6.28. The Hall–Kier alpha value is -0.0800. The summed E-state index contributed by atoms with van der Waals surface area (Å²) in [6.45, 7) is 2.94. The van der Waals surface area contributed by atoms with Crippen molar-refractivity contribution in [2.75, 3.05) is 6.54 Å². The molecule has 0 bridgehead atoms. The Morgan fingerprint density at radius 3 is 2.19 bits per heavy atom. The molecule has 16 heavy (non-hydrogen) atoms. The van der Waals surface area contributed by atoms with E-state index in [0.29, 0.717) is 12.5 Å². The summed E-state index contributed by atoms with van der Waals surface area (Å²) >= 11 is 0. The third-order valence-electron chi connectivity index (χ3n) is 5.18. The van der Waals surface area contributed by atoms with Gasteiger partial charge in [-0.1, -0.05) is 32.6 Å². The van der Waals surface area contributed by atoms with Crippen LogP contribution in [0.4, 0.5) is 0 Å². The standard InChI is InChI=1S/C14H27NO/c1-12-6-9-14(16,10-12)13(11-15)7-4-2-3-5-8-13/h12,16H,2-11,15H2,1H3. The van der Waals surface area contributed by atoms with E-state index >= 15 is 0 Å². The number of rotatable bonds is 2. The summed E-state index contributed by atoms with van der Waals surface area (Å²) in [7, 11) is 0. The van der Waals surface area contributed by atoms with Gasteiger partial charge in [-0.15, -0.1) is 0 Å². The van der Waals surface area contributed by atoms with E-state index < -0.39 is 5.60 Å². The SMILES string of the molecule is CC1CCC(O)(C2(CN)CCCCCC2)C1. The number of hydrogen-bond donors (Lipinski definition) is 2. The molecular formula is C14H27NO. The molecule has 2 fully saturated rings. The van der Waals surface area contributed by atoms with Crippen LogP contribution in [-0.4, -0.2) is 17.3 Å². The van der Waals surface area contributed by atoms with Crippen LogP contribution in [-0.2, 0) is 0 Å². The highest BCUT2D eigenvalue weighted by atomic mass is 16.3. The van der Waals surface area contributed by atoms with Gasteiger partial charge in [-0.25, -0.2) is 0 Å². The predicted molar refractivity (Wildman–Crippen MR) is 67.2 cm³/mol. The largest absolute Gasteiger partial charge is 0.389 e. The van der Waals surface area contributed by atoms with Gasteiger partial charge in [0.25, 0.3) is 0 Å². The van der Waals surface area contributed by atoms with E-state index in [1.807, 2.05) is 0 Å². The molecule has 2 aliphatic carbocycles. The third-order valence-corrected chi connectivity index (χ3v) is 5.18. The van der Waals surface area contributed by atoms with E-state index in [-0.39, 0.29) is 5.41 Å². The van der Waals surface area contributed by atoms with Crippen molar-refractivity contribution in [2.24, 2.45) is 17.1 Å². The molecule has 0 heterocycles. The summed E-state index contributed by atoms with van der Waals surface area (Å²) < 4.78 is 0. The second-order valence-corrected chi connectivity index (χ2v) is 6.28. The van der Waals surface area contributed by atoms with Gasteiger partial charge in [0.2, 0.25) is 0 Å². The molecule has 0 saturated heterocycles. The molecule has 0 aliphatic heterocycles. The maximum absolute atomic E-state index is 11.0. The van der Waals surface area contributed by atoms with Crippen molar-refractivity contribution in [1.82, 2.24) is 0 Å². The smallest absolute Gasteiger partial charge is 0.0718 e. The number of aliphatic hydroxyl groups is 1. The van der Waals surface area contributed by atoms with E-state index in [2.05, 4.69) is 6.92 Å². The molecular weight excluding hydrogens is 198 g/mol. The van der Waals surface area contributed by atoms with E-state index in [9.17, 15) is 5.11 Å². The van der Waals surface area contributed by atoms with Crippen LogP contribution in [0, 0.1) is 11.3 Å². The minimum absolute atomic E-state index is 0.0360. The lowest BCUT2D eigenvalue weighted by atomic mass is 9.65. The van der Waals surface area contributed by atoms with Crippen molar-refractivity contribution in [1.29, 1.82) is 0 Å². The Kier molecular flexibility index (Phi) is 3.60. The van der Waals surface area contributed by atoms with E-state index in [1.165, 1.54) is 32.1 Å². The van der Waals surface area contributed by atoms with Crippen LogP contribution in [0.5, 0.6) is 0 Å². The molecule has 2 nitrogen and oxygen atoms in total. The minimum atomic E-state index is -0.453. The Morgan fingerprint density at radius 2 is 1.75 bits per heavy atom. The Morgan fingerprint density at radius 1 is 1.12 bits per heavy atom. The molecule has 0 radical (unpaired) electrons. The van der Waals surface area contributed by atoms with Gasteiger partial charge in [0.05, 0.1) is 5.60 Å². The van der Waals surface area contributed by atoms with E-state index in [0.717, 1.165) is 25.7 Å². The summed E-state index contributed by atoms with van der Waals surface area (Å²) in [4.78, 5) is 0. The summed E-state index contributed by atoms with van der Waals surface area (Å²) in [6.07, 6.45) is 10.6. The van der Waals surface area contributed by atoms with Gasteiger partial charge in [0, 0.05) is 12.0 Å². The zero-order valence-electron chi connectivity index (χ0n) is 10.7. The van der Waals surface area contributed by atoms with Gasteiger partial charge < -0.3 is 10.8 Å². The van der Waals surface area contributed by atoms with Crippen LogP contribution in [0.1, 0.15) is 64.7 Å². The van der Waals surface area contributed by atoms with Crippen molar-refractivity contribution < 1.29 is 5.11 Å². The minimum Gasteiger partial charge on any atom is -0.389 e. The zero-order valence-corrected chi connectivity index (χ0v) is 10.7. The van der Waals surface area contributed by atoms with Gasteiger partial charge in [-0.2, -0.15) is 0 Å². The monoisotopic (exact) mass is 225 g/mol. The molecule has 2 saturated carbocycles. The van der Waals surface area contributed by atoms with Crippen molar-refractivity contribution in [3.63, 3.8) is 0 Å². The Bertz CT molecular complexity index is 233. The molecule has 0 amide bonds. The first-order valence-electron chi connectivity index (χ1n) is 7.04. The fraction of sp³-hybridized carbons (Fsp3) is 1.00. The van der Waals surface area contributed by atoms with Gasteiger partial charge in [0.1, 0.15) is 0 Å². The maximum Gasteiger partial charge on any atom is 0.0718 e. The molecule has 2 unspecified atom stereocenters. The molecule has 2 aliphatic rings. The van der Waals surface area contributed by atoms with E-state index in [4.69, 9.17) is 5.73 Å². The summed E-state index contributed by atoms with van der Waals surface area (Å²) in [6, 6.07) is 0. The molecule has 94 valence electrons. The molecule has 3 N–H and O–H groups in total. The fourth-order valence-corrected chi connectivity index (χ4v) is 4.01. The lowest BCUT2D eigenvalue weighted by molar-refractivity contribution is -0.0863. The summed E-state index contributed by atoms with van der Waals surface area (Å²) in [5.41, 5.74) is 5.64. The molecule has 0 aromatic rings. The Balaban J connectivity index is 2.18. The van der Waals surface area contributed by atoms with Crippen LogP contribution in [0.2, 0.25) is 0 Å². The molecule has 0 aromatic heterocycles. The molecule has 2 rings (SSSR count). The highest BCUT2D eigenvalue weighted by Gasteiger charge is 2.51. The number of hydrogen-bond acceptors (Lipinski definition) is 2. The summed E-state index contributed by atoms with van der Waals surface area (Å²) in [5.74, 6) is 0.677. The zero-order chi connectivity index (χ0) is 11.6. The normalized spacial score (nSPS) is 39.6. The topological polar surface area (TPSA) is 46.2 Å². The Labute approximate surface area is 99.6 Å². The fourth-order valence-electron chi connectivity index (χ4n) is 4.01. The first kappa shape index (κ1) is 12.4. The van der Waals surface area contributed by atoms with Gasteiger partial charge in [-0.3, -0.25) is 0 Å². The first-order chi connectivity index (χ1) is 7.62. The van der Waals surface area contributed by atoms with Crippen LogP contribution in [0.15, 0.2) is 0 Å². The van der Waals surface area contributed by atoms with Crippen LogP contribution >= 0.6 is 0 Å². The van der Waals surface area contributed by atoms with Crippen LogP contribution in [0.3, 0.4) is 0 Å².